The Labute approximate surface area is 130 Å². The molecular weight excluding hydrogens is 280 g/mol. The van der Waals surface area contributed by atoms with Crippen LogP contribution in [0.4, 0.5) is 5.82 Å². The molecule has 2 aromatic rings. The highest BCUT2D eigenvalue weighted by Crippen LogP contribution is 2.13. The number of carbonyl (C=O) groups is 1. The minimum atomic E-state index is -0.139. The largest absolute Gasteiger partial charge is 0.309 e. The van der Waals surface area contributed by atoms with Crippen LogP contribution in [0.1, 0.15) is 57.7 Å². The fraction of sp³-hybridized carbons (Fsp3) is 0.600. The summed E-state index contributed by atoms with van der Waals surface area (Å²) < 4.78 is 3.52. The van der Waals surface area contributed by atoms with Crippen LogP contribution >= 0.6 is 0 Å². The van der Waals surface area contributed by atoms with E-state index >= 15 is 0 Å². The van der Waals surface area contributed by atoms with E-state index in [1.165, 1.54) is 0 Å². The number of rotatable bonds is 6. The highest BCUT2D eigenvalue weighted by Gasteiger charge is 2.14. The molecule has 2 rings (SSSR count). The first-order valence-electron chi connectivity index (χ1n) is 7.65. The van der Waals surface area contributed by atoms with Gasteiger partial charge in [-0.2, -0.15) is 10.2 Å². The number of hydrogen-bond acceptors (Lipinski definition) is 4. The van der Waals surface area contributed by atoms with Gasteiger partial charge in [0.05, 0.1) is 6.42 Å². The second kappa shape index (κ2) is 6.72. The van der Waals surface area contributed by atoms with Gasteiger partial charge in [-0.25, -0.2) is 4.98 Å². The molecule has 1 unspecified atom stereocenters. The average Bonchev–Trinajstić information content (AvgIpc) is 3.06. The van der Waals surface area contributed by atoms with Gasteiger partial charge in [0.1, 0.15) is 5.82 Å². The summed E-state index contributed by atoms with van der Waals surface area (Å²) in [6, 6.07) is 2.12. The second-order valence-electron chi connectivity index (χ2n) is 5.83. The maximum Gasteiger partial charge on any atom is 0.233 e. The number of anilines is 1. The van der Waals surface area contributed by atoms with E-state index in [4.69, 9.17) is 0 Å². The van der Waals surface area contributed by atoms with Crippen LogP contribution in [0.2, 0.25) is 0 Å². The van der Waals surface area contributed by atoms with Gasteiger partial charge < -0.3 is 5.32 Å². The molecule has 0 fully saturated rings. The first-order valence-corrected chi connectivity index (χ1v) is 7.65. The van der Waals surface area contributed by atoms with Gasteiger partial charge >= 0.3 is 0 Å². The third-order valence-corrected chi connectivity index (χ3v) is 3.62. The highest BCUT2D eigenvalue weighted by molar-refractivity contribution is 5.90. The third kappa shape index (κ3) is 3.72. The van der Waals surface area contributed by atoms with Crippen molar-refractivity contribution in [3.05, 3.63) is 23.9 Å². The van der Waals surface area contributed by atoms with Crippen molar-refractivity contribution in [1.82, 2.24) is 24.5 Å². The van der Waals surface area contributed by atoms with Gasteiger partial charge in [0.15, 0.2) is 11.6 Å². The number of hydrogen-bond donors (Lipinski definition) is 1. The summed E-state index contributed by atoms with van der Waals surface area (Å²) in [6.07, 6.45) is 3.06. The summed E-state index contributed by atoms with van der Waals surface area (Å²) in [6.45, 7) is 8.25. The van der Waals surface area contributed by atoms with Crippen LogP contribution in [0.25, 0.3) is 0 Å². The number of carbonyl (C=O) groups excluding carboxylic acids is 1. The standard InChI is InChI=1S/C15H24N6O/c1-6-11(4)21-8-7-12(18-21)16-14(22)9-13-17-15(10(2)3)19-20(13)5/h7-8,10-11H,6,9H2,1-5H3,(H,16,18,22). The van der Waals surface area contributed by atoms with Crippen molar-refractivity contribution >= 4 is 11.7 Å². The molecule has 1 atom stereocenters. The van der Waals surface area contributed by atoms with Gasteiger partial charge in [0, 0.05) is 31.3 Å². The molecule has 7 nitrogen and oxygen atoms in total. The van der Waals surface area contributed by atoms with Gasteiger partial charge in [-0.05, 0) is 13.3 Å². The van der Waals surface area contributed by atoms with E-state index in [1.54, 1.807) is 17.8 Å². The minimum absolute atomic E-state index is 0.139. The van der Waals surface area contributed by atoms with Crippen molar-refractivity contribution in [2.75, 3.05) is 5.32 Å². The van der Waals surface area contributed by atoms with Gasteiger partial charge in [0.2, 0.25) is 5.91 Å². The summed E-state index contributed by atoms with van der Waals surface area (Å²) in [5.74, 6) is 2.08. The van der Waals surface area contributed by atoms with Crippen molar-refractivity contribution < 1.29 is 4.79 Å². The lowest BCUT2D eigenvalue weighted by Crippen LogP contribution is -2.17. The van der Waals surface area contributed by atoms with Crippen molar-refractivity contribution in [3.8, 4) is 0 Å². The molecule has 1 amide bonds. The lowest BCUT2D eigenvalue weighted by Gasteiger charge is -2.08. The Morgan fingerprint density at radius 3 is 2.64 bits per heavy atom. The van der Waals surface area contributed by atoms with E-state index in [1.807, 2.05) is 24.7 Å². The zero-order chi connectivity index (χ0) is 16.3. The smallest absolute Gasteiger partial charge is 0.233 e. The van der Waals surface area contributed by atoms with E-state index < -0.39 is 0 Å². The lowest BCUT2D eigenvalue weighted by molar-refractivity contribution is -0.115. The van der Waals surface area contributed by atoms with Crippen LogP contribution in [0.15, 0.2) is 12.3 Å². The molecule has 0 spiro atoms. The number of aryl methyl sites for hydroxylation is 1. The van der Waals surface area contributed by atoms with Gasteiger partial charge in [-0.3, -0.25) is 14.2 Å². The Hall–Kier alpha value is -2.18. The minimum Gasteiger partial charge on any atom is -0.309 e. The van der Waals surface area contributed by atoms with E-state index in [9.17, 15) is 4.79 Å². The number of nitrogens with one attached hydrogen (secondary N) is 1. The van der Waals surface area contributed by atoms with Crippen molar-refractivity contribution in [1.29, 1.82) is 0 Å². The van der Waals surface area contributed by atoms with Crippen molar-refractivity contribution in [2.24, 2.45) is 7.05 Å². The first-order chi connectivity index (χ1) is 10.4. The molecule has 7 heteroatoms. The summed E-state index contributed by atoms with van der Waals surface area (Å²) in [4.78, 5) is 16.5. The average molecular weight is 304 g/mol. The van der Waals surface area contributed by atoms with Gasteiger partial charge in [-0.1, -0.05) is 20.8 Å². The fourth-order valence-corrected chi connectivity index (χ4v) is 2.00. The number of amides is 1. The summed E-state index contributed by atoms with van der Waals surface area (Å²) >= 11 is 0. The lowest BCUT2D eigenvalue weighted by atomic mass is 10.2. The molecule has 2 aromatic heterocycles. The predicted molar refractivity (Wildman–Crippen MR) is 84.7 cm³/mol. The quantitative estimate of drug-likeness (QED) is 0.888. The maximum atomic E-state index is 12.1. The van der Waals surface area contributed by atoms with Crippen molar-refractivity contribution in [2.45, 2.75) is 52.5 Å². The Balaban J connectivity index is 1.99. The fourth-order valence-electron chi connectivity index (χ4n) is 2.00. The second-order valence-corrected chi connectivity index (χ2v) is 5.83. The zero-order valence-corrected chi connectivity index (χ0v) is 13.9. The number of aromatic nitrogens is 5. The molecule has 0 bridgehead atoms. The third-order valence-electron chi connectivity index (χ3n) is 3.62. The normalized spacial score (nSPS) is 12.6. The van der Waals surface area contributed by atoms with Crippen molar-refractivity contribution in [3.63, 3.8) is 0 Å². The summed E-state index contributed by atoms with van der Waals surface area (Å²) in [5, 5.41) is 11.5. The molecule has 1 N–H and O–H groups in total. The first kappa shape index (κ1) is 16.2. The monoisotopic (exact) mass is 304 g/mol. The van der Waals surface area contributed by atoms with E-state index in [0.717, 1.165) is 12.2 Å². The highest BCUT2D eigenvalue weighted by atomic mass is 16.1. The summed E-state index contributed by atoms with van der Waals surface area (Å²) in [5.41, 5.74) is 0. The SMILES string of the molecule is CCC(C)n1ccc(NC(=O)Cc2nc(C(C)C)nn2C)n1. The predicted octanol–water partition coefficient (Wildman–Crippen LogP) is 2.29. The van der Waals surface area contributed by atoms with Crippen LogP contribution < -0.4 is 5.32 Å². The molecule has 0 saturated heterocycles. The molecular formula is C15H24N6O. The topological polar surface area (TPSA) is 77.6 Å². The molecule has 0 aromatic carbocycles. The molecule has 0 aliphatic heterocycles. The van der Waals surface area contributed by atoms with E-state index in [2.05, 4.69) is 34.3 Å². The Bertz CT molecular complexity index is 642. The van der Waals surface area contributed by atoms with Crippen LogP contribution in [0, 0.1) is 0 Å². The zero-order valence-electron chi connectivity index (χ0n) is 13.9. The maximum absolute atomic E-state index is 12.1. The molecule has 0 aliphatic carbocycles. The van der Waals surface area contributed by atoms with E-state index in [-0.39, 0.29) is 18.2 Å². The molecule has 0 aliphatic rings. The van der Waals surface area contributed by atoms with Gasteiger partial charge in [-0.15, -0.1) is 0 Å². The van der Waals surface area contributed by atoms with Crippen LogP contribution in [-0.4, -0.2) is 30.5 Å². The molecule has 120 valence electrons. The van der Waals surface area contributed by atoms with Crippen LogP contribution in [0.5, 0.6) is 0 Å². The van der Waals surface area contributed by atoms with Crippen LogP contribution in [-0.2, 0) is 18.3 Å². The molecule has 0 saturated carbocycles. The summed E-state index contributed by atoms with van der Waals surface area (Å²) in [7, 11) is 1.80. The van der Waals surface area contributed by atoms with Crippen LogP contribution in [0.3, 0.4) is 0 Å². The molecule has 2 heterocycles. The Morgan fingerprint density at radius 1 is 1.32 bits per heavy atom. The van der Waals surface area contributed by atoms with Gasteiger partial charge in [0.25, 0.3) is 0 Å². The molecule has 22 heavy (non-hydrogen) atoms. The Morgan fingerprint density at radius 2 is 2.05 bits per heavy atom. The Kier molecular flexibility index (Phi) is 4.95. The van der Waals surface area contributed by atoms with E-state index in [0.29, 0.717) is 17.7 Å². The molecule has 0 radical (unpaired) electrons. The number of nitrogens with zero attached hydrogens (tertiary/aromatic N) is 5.